The topological polar surface area (TPSA) is 71.2 Å². The van der Waals surface area contributed by atoms with Crippen LogP contribution in [0, 0.1) is 0 Å². The van der Waals surface area contributed by atoms with Crippen molar-refractivity contribution in [1.29, 1.82) is 0 Å². The predicted octanol–water partition coefficient (Wildman–Crippen LogP) is 1.88. The number of nitrogens with two attached hydrogens (primary N) is 1. The highest BCUT2D eigenvalue weighted by Gasteiger charge is 2.31. The van der Waals surface area contributed by atoms with Crippen LogP contribution in [0.25, 0.3) is 0 Å². The maximum atomic E-state index is 12.0. The van der Waals surface area contributed by atoms with Crippen molar-refractivity contribution in [1.82, 2.24) is 9.27 Å². The van der Waals surface area contributed by atoms with Gasteiger partial charge in [0.2, 0.25) is 5.91 Å². The van der Waals surface area contributed by atoms with Crippen LogP contribution in [0.5, 0.6) is 0 Å². The summed E-state index contributed by atoms with van der Waals surface area (Å²) in [4.78, 5) is 13.7. The lowest BCUT2D eigenvalue weighted by molar-refractivity contribution is -0.130. The largest absolute Gasteiger partial charge is 0.383 e. The summed E-state index contributed by atoms with van der Waals surface area (Å²) in [6.45, 7) is 4.55. The van der Waals surface area contributed by atoms with Gasteiger partial charge in [0.15, 0.2) is 0 Å². The van der Waals surface area contributed by atoms with Crippen LogP contribution < -0.4 is 11.1 Å². The van der Waals surface area contributed by atoms with E-state index in [1.54, 1.807) is 4.90 Å². The molecular formula is C12H20N4OS. The Bertz CT molecular complexity index is 441. The van der Waals surface area contributed by atoms with Gasteiger partial charge >= 0.3 is 0 Å². The Morgan fingerprint density at radius 3 is 2.89 bits per heavy atom. The lowest BCUT2D eigenvalue weighted by Gasteiger charge is -2.21. The van der Waals surface area contributed by atoms with Crippen molar-refractivity contribution < 1.29 is 4.79 Å². The first-order valence-corrected chi connectivity index (χ1v) is 7.08. The molecule has 1 heterocycles. The van der Waals surface area contributed by atoms with Crippen molar-refractivity contribution >= 4 is 28.3 Å². The van der Waals surface area contributed by atoms with Crippen molar-refractivity contribution in [3.05, 3.63) is 5.56 Å². The molecule has 2 rings (SSSR count). The van der Waals surface area contributed by atoms with Crippen LogP contribution in [-0.2, 0) is 4.79 Å². The number of anilines is 2. The van der Waals surface area contributed by atoms with Gasteiger partial charge in [0.25, 0.3) is 0 Å². The number of amides is 1. The van der Waals surface area contributed by atoms with Gasteiger partial charge in [-0.2, -0.15) is 4.37 Å². The fourth-order valence-corrected chi connectivity index (χ4v) is 2.81. The van der Waals surface area contributed by atoms with E-state index in [1.165, 1.54) is 24.4 Å². The summed E-state index contributed by atoms with van der Waals surface area (Å²) < 4.78 is 4.19. The summed E-state index contributed by atoms with van der Waals surface area (Å²) in [6, 6.07) is -0.243. The predicted molar refractivity (Wildman–Crippen MR) is 74.9 cm³/mol. The number of hydrogen-bond acceptors (Lipinski definition) is 5. The Morgan fingerprint density at radius 2 is 2.33 bits per heavy atom. The Hall–Kier alpha value is -1.30. The van der Waals surface area contributed by atoms with Gasteiger partial charge < -0.3 is 16.0 Å². The second kappa shape index (κ2) is 5.14. The van der Waals surface area contributed by atoms with Gasteiger partial charge in [-0.1, -0.05) is 0 Å². The first-order valence-electron chi connectivity index (χ1n) is 6.31. The lowest BCUT2D eigenvalue weighted by Crippen LogP contribution is -2.38. The van der Waals surface area contributed by atoms with Crippen molar-refractivity contribution in [2.45, 2.75) is 38.6 Å². The minimum absolute atomic E-state index is 0.0891. The van der Waals surface area contributed by atoms with E-state index in [4.69, 9.17) is 5.73 Å². The monoisotopic (exact) mass is 268 g/mol. The van der Waals surface area contributed by atoms with Crippen LogP contribution in [0.3, 0.4) is 0 Å². The van der Waals surface area contributed by atoms with Crippen LogP contribution in [0.4, 0.5) is 10.8 Å². The van der Waals surface area contributed by atoms with E-state index in [1.807, 2.05) is 20.9 Å². The first-order chi connectivity index (χ1) is 8.54. The Kier molecular flexibility index (Phi) is 3.75. The maximum Gasteiger partial charge on any atom is 0.244 e. The number of rotatable bonds is 5. The zero-order valence-electron chi connectivity index (χ0n) is 11.1. The number of carbonyl (C=O) groups excluding carboxylic acids is 1. The van der Waals surface area contributed by atoms with Crippen molar-refractivity contribution in [2.75, 3.05) is 24.6 Å². The van der Waals surface area contributed by atoms with E-state index in [9.17, 15) is 4.79 Å². The van der Waals surface area contributed by atoms with Gasteiger partial charge in [-0.15, -0.1) is 0 Å². The fraction of sp³-hybridized carbons (Fsp3) is 0.667. The maximum absolute atomic E-state index is 12.0. The second-order valence-electron chi connectivity index (χ2n) is 4.80. The third-order valence-electron chi connectivity index (χ3n) is 3.31. The van der Waals surface area contributed by atoms with E-state index in [2.05, 4.69) is 9.69 Å². The van der Waals surface area contributed by atoms with Gasteiger partial charge in [0.1, 0.15) is 16.9 Å². The molecule has 0 bridgehead atoms. The number of carbonyl (C=O) groups is 1. The molecule has 1 unspecified atom stereocenters. The average molecular weight is 268 g/mol. The minimum atomic E-state index is -0.243. The van der Waals surface area contributed by atoms with Crippen LogP contribution in [0.2, 0.25) is 0 Å². The van der Waals surface area contributed by atoms with Gasteiger partial charge in [-0.25, -0.2) is 0 Å². The lowest BCUT2D eigenvalue weighted by atomic mass is 10.2. The van der Waals surface area contributed by atoms with E-state index in [-0.39, 0.29) is 11.9 Å². The molecular weight excluding hydrogens is 248 g/mol. The molecule has 6 heteroatoms. The number of hydrogen-bond donors (Lipinski definition) is 2. The van der Waals surface area contributed by atoms with Crippen LogP contribution >= 0.6 is 11.5 Å². The molecule has 3 N–H and O–H groups in total. The molecule has 0 aromatic carbocycles. The number of nitrogens with one attached hydrogen (secondary N) is 1. The van der Waals surface area contributed by atoms with Crippen LogP contribution in [0.1, 0.15) is 38.2 Å². The van der Waals surface area contributed by atoms with E-state index in [0.717, 1.165) is 10.6 Å². The molecule has 0 radical (unpaired) electrons. The molecule has 1 saturated carbocycles. The first kappa shape index (κ1) is 13.1. The number of aromatic nitrogens is 1. The van der Waals surface area contributed by atoms with Gasteiger partial charge in [-0.3, -0.25) is 4.79 Å². The van der Waals surface area contributed by atoms with Crippen LogP contribution in [0.15, 0.2) is 0 Å². The SMILES string of the molecule is CCN(C)C(=O)C(C)Nc1snc(N)c1C1CC1. The molecule has 100 valence electrons. The van der Waals surface area contributed by atoms with Gasteiger partial charge in [0.05, 0.1) is 0 Å². The standard InChI is InChI=1S/C12H20N4OS/c1-4-16(3)12(17)7(2)14-11-9(8-5-6-8)10(13)15-18-11/h7-8,14H,4-6H2,1-3H3,(H2,13,15). The molecule has 1 atom stereocenters. The smallest absolute Gasteiger partial charge is 0.244 e. The molecule has 1 aromatic heterocycles. The fourth-order valence-electron chi connectivity index (χ4n) is 1.92. The highest BCUT2D eigenvalue weighted by atomic mass is 32.1. The third kappa shape index (κ3) is 2.58. The van der Waals surface area contributed by atoms with Crippen molar-refractivity contribution in [3.8, 4) is 0 Å². The highest BCUT2D eigenvalue weighted by Crippen LogP contribution is 2.47. The van der Waals surface area contributed by atoms with E-state index < -0.39 is 0 Å². The summed E-state index contributed by atoms with van der Waals surface area (Å²) in [6.07, 6.45) is 2.35. The number of nitrogen functional groups attached to an aromatic ring is 1. The Morgan fingerprint density at radius 1 is 1.67 bits per heavy atom. The van der Waals surface area contributed by atoms with Gasteiger partial charge in [-0.05, 0) is 44.1 Å². The van der Waals surface area contributed by atoms with Crippen molar-refractivity contribution in [2.24, 2.45) is 0 Å². The zero-order valence-corrected chi connectivity index (χ0v) is 11.9. The summed E-state index contributed by atoms with van der Waals surface area (Å²) in [5.74, 6) is 1.25. The summed E-state index contributed by atoms with van der Waals surface area (Å²) in [5.41, 5.74) is 6.99. The molecule has 1 fully saturated rings. The Labute approximate surface area is 112 Å². The Balaban J connectivity index is 2.07. The number of likely N-dealkylation sites (N-methyl/N-ethyl adjacent to an activating group) is 1. The molecule has 5 nitrogen and oxygen atoms in total. The highest BCUT2D eigenvalue weighted by molar-refractivity contribution is 7.10. The molecule has 0 saturated heterocycles. The molecule has 0 aliphatic heterocycles. The average Bonchev–Trinajstić information content (AvgIpc) is 3.13. The minimum Gasteiger partial charge on any atom is -0.383 e. The second-order valence-corrected chi connectivity index (χ2v) is 5.58. The number of nitrogens with zero attached hydrogens (tertiary/aromatic N) is 2. The summed E-state index contributed by atoms with van der Waals surface area (Å²) >= 11 is 1.35. The summed E-state index contributed by atoms with van der Waals surface area (Å²) in [5, 5.41) is 4.21. The summed E-state index contributed by atoms with van der Waals surface area (Å²) in [7, 11) is 1.81. The van der Waals surface area contributed by atoms with E-state index >= 15 is 0 Å². The third-order valence-corrected chi connectivity index (χ3v) is 4.12. The molecule has 1 aliphatic carbocycles. The molecule has 0 spiro atoms. The van der Waals surface area contributed by atoms with Gasteiger partial charge in [0, 0.05) is 19.2 Å². The molecule has 18 heavy (non-hydrogen) atoms. The molecule has 1 aromatic rings. The molecule has 1 amide bonds. The van der Waals surface area contributed by atoms with Crippen LogP contribution in [-0.4, -0.2) is 34.8 Å². The molecule has 1 aliphatic rings. The van der Waals surface area contributed by atoms with Crippen molar-refractivity contribution in [3.63, 3.8) is 0 Å². The zero-order chi connectivity index (χ0) is 13.3. The van der Waals surface area contributed by atoms with E-state index in [0.29, 0.717) is 18.3 Å². The quantitative estimate of drug-likeness (QED) is 0.855. The normalized spacial score (nSPS) is 16.4.